The lowest BCUT2D eigenvalue weighted by atomic mass is 10.00. The molecule has 2 aromatic carbocycles. The monoisotopic (exact) mass is 527 g/mol. The largest absolute Gasteiger partial charge is 0.465 e. The zero-order valence-corrected chi connectivity index (χ0v) is 21.2. The van der Waals surface area contributed by atoms with E-state index in [0.29, 0.717) is 22.8 Å². The summed E-state index contributed by atoms with van der Waals surface area (Å²) >= 11 is 0.664. The molecule has 0 radical (unpaired) electrons. The highest BCUT2D eigenvalue weighted by atomic mass is 32.1. The summed E-state index contributed by atoms with van der Waals surface area (Å²) in [6, 6.07) is 8.85. The second kappa shape index (κ2) is 11.6. The number of nitrogens with zero attached hydrogens (tertiary/aromatic N) is 2. The van der Waals surface area contributed by atoms with Gasteiger partial charge in [-0.15, -0.1) is 0 Å². The molecule has 5 N–H and O–H groups in total. The van der Waals surface area contributed by atoms with Crippen molar-refractivity contribution in [2.24, 2.45) is 5.73 Å². The fourth-order valence-corrected chi connectivity index (χ4v) is 4.37. The third-order valence-corrected chi connectivity index (χ3v) is 6.47. The number of anilines is 2. The van der Waals surface area contributed by atoms with E-state index >= 15 is 0 Å². The summed E-state index contributed by atoms with van der Waals surface area (Å²) in [7, 11) is 0. The molecule has 0 bridgehead atoms. The molecule has 0 aliphatic carbocycles. The minimum absolute atomic E-state index is 0.111. The smallest absolute Gasteiger partial charge is 0.325 e. The van der Waals surface area contributed by atoms with Gasteiger partial charge in [0, 0.05) is 5.69 Å². The van der Waals surface area contributed by atoms with Crippen LogP contribution in [0.2, 0.25) is 0 Å². The lowest BCUT2D eigenvalue weighted by Gasteiger charge is -2.32. The van der Waals surface area contributed by atoms with Crippen molar-refractivity contribution in [1.82, 2.24) is 9.69 Å². The minimum atomic E-state index is -1.36. The molecule has 0 unspecified atom stereocenters. The topological polar surface area (TPSA) is 158 Å². The zero-order chi connectivity index (χ0) is 27.3. The minimum Gasteiger partial charge on any atom is -0.465 e. The van der Waals surface area contributed by atoms with Gasteiger partial charge in [0.05, 0.1) is 12.3 Å². The Morgan fingerprint density at radius 1 is 1.14 bits per heavy atom. The van der Waals surface area contributed by atoms with Crippen LogP contribution in [0.1, 0.15) is 49.8 Å². The molecular weight excluding hydrogens is 501 g/mol. The molecule has 1 atom stereocenters. The van der Waals surface area contributed by atoms with Crippen LogP contribution < -0.4 is 21.7 Å². The normalized spacial score (nSPS) is 11.5. The number of esters is 1. The number of primary amides is 1. The standard InChI is InChI=1S/C25H26FN5O5S/c1-4-36-18(32)12-29-24(34)21(15-8-10-16(26)11-9-15)31(17-7-5-6-13(2)14(17)3)25(35)22-19(27)20(23(28)33)30-37-22/h5-11,21H,4,12,27H2,1-3H3,(H2,28,33)(H,29,34)/t21-/m1/s1. The number of aryl methyl sites for hydroxylation is 1. The molecule has 1 heterocycles. The Morgan fingerprint density at radius 3 is 2.41 bits per heavy atom. The second-order valence-corrected chi connectivity index (χ2v) is 8.78. The van der Waals surface area contributed by atoms with Crippen molar-refractivity contribution in [3.8, 4) is 0 Å². The summed E-state index contributed by atoms with van der Waals surface area (Å²) < 4.78 is 22.6. The van der Waals surface area contributed by atoms with Crippen molar-refractivity contribution < 1.29 is 28.3 Å². The molecular formula is C25H26FN5O5S. The summed E-state index contributed by atoms with van der Waals surface area (Å²) in [5.41, 5.74) is 13.0. The Kier molecular flexibility index (Phi) is 8.56. The third-order valence-electron chi connectivity index (χ3n) is 5.61. The maximum absolute atomic E-state index is 14.0. The van der Waals surface area contributed by atoms with E-state index in [1.807, 2.05) is 13.0 Å². The Morgan fingerprint density at radius 2 is 1.81 bits per heavy atom. The number of nitrogens with one attached hydrogen (secondary N) is 1. The molecule has 194 valence electrons. The van der Waals surface area contributed by atoms with Crippen molar-refractivity contribution in [2.45, 2.75) is 26.8 Å². The van der Waals surface area contributed by atoms with Crippen molar-refractivity contribution in [2.75, 3.05) is 23.8 Å². The lowest BCUT2D eigenvalue weighted by molar-refractivity contribution is -0.143. The maximum Gasteiger partial charge on any atom is 0.325 e. The van der Waals surface area contributed by atoms with E-state index in [1.165, 1.54) is 17.0 Å². The average molecular weight is 528 g/mol. The Balaban J connectivity index is 2.20. The van der Waals surface area contributed by atoms with Gasteiger partial charge in [0.1, 0.15) is 23.3 Å². The van der Waals surface area contributed by atoms with Gasteiger partial charge in [-0.2, -0.15) is 4.37 Å². The van der Waals surface area contributed by atoms with Gasteiger partial charge in [0.2, 0.25) is 5.91 Å². The van der Waals surface area contributed by atoms with E-state index < -0.39 is 42.1 Å². The van der Waals surface area contributed by atoms with Crippen molar-refractivity contribution >= 4 is 46.6 Å². The number of nitrogen functional groups attached to an aromatic ring is 1. The predicted octanol–water partition coefficient (Wildman–Crippen LogP) is 2.65. The first-order valence-corrected chi connectivity index (χ1v) is 12.0. The number of rotatable bonds is 9. The van der Waals surface area contributed by atoms with Gasteiger partial charge in [0.25, 0.3) is 11.8 Å². The van der Waals surface area contributed by atoms with Gasteiger partial charge in [-0.3, -0.25) is 24.1 Å². The molecule has 12 heteroatoms. The van der Waals surface area contributed by atoms with Crippen LogP contribution in [0.3, 0.4) is 0 Å². The van der Waals surface area contributed by atoms with Crippen molar-refractivity contribution in [3.63, 3.8) is 0 Å². The molecule has 0 saturated heterocycles. The molecule has 0 spiro atoms. The Bertz CT molecular complexity index is 1340. The van der Waals surface area contributed by atoms with Crippen LogP contribution in [0.4, 0.5) is 15.8 Å². The molecule has 3 aromatic rings. The highest BCUT2D eigenvalue weighted by molar-refractivity contribution is 7.09. The van der Waals surface area contributed by atoms with Gasteiger partial charge in [-0.05, 0) is 67.2 Å². The zero-order valence-electron chi connectivity index (χ0n) is 20.4. The number of amides is 3. The summed E-state index contributed by atoms with van der Waals surface area (Å²) in [6.45, 7) is 4.90. The molecule has 0 saturated carbocycles. The maximum atomic E-state index is 14.0. The summed E-state index contributed by atoms with van der Waals surface area (Å²) in [5.74, 6) is -3.59. The number of nitrogens with two attached hydrogens (primary N) is 2. The first-order chi connectivity index (χ1) is 17.6. The highest BCUT2D eigenvalue weighted by Gasteiger charge is 2.37. The van der Waals surface area contributed by atoms with Crippen LogP contribution in [0, 0.1) is 19.7 Å². The van der Waals surface area contributed by atoms with Crippen LogP contribution in [0.5, 0.6) is 0 Å². The first-order valence-electron chi connectivity index (χ1n) is 11.2. The number of halogens is 1. The van der Waals surface area contributed by atoms with Crippen LogP contribution in [-0.2, 0) is 14.3 Å². The fourth-order valence-electron chi connectivity index (χ4n) is 3.63. The molecule has 37 heavy (non-hydrogen) atoms. The average Bonchev–Trinajstić information content (AvgIpc) is 3.25. The van der Waals surface area contributed by atoms with E-state index in [9.17, 15) is 23.6 Å². The Hall–Kier alpha value is -4.32. The third kappa shape index (κ3) is 5.92. The van der Waals surface area contributed by atoms with E-state index in [2.05, 4.69) is 9.69 Å². The van der Waals surface area contributed by atoms with E-state index in [1.54, 1.807) is 26.0 Å². The van der Waals surface area contributed by atoms with E-state index in [0.717, 1.165) is 17.7 Å². The molecule has 1 aromatic heterocycles. The van der Waals surface area contributed by atoms with Crippen LogP contribution in [0.15, 0.2) is 42.5 Å². The number of aromatic nitrogens is 1. The number of hydrogen-bond acceptors (Lipinski definition) is 8. The summed E-state index contributed by atoms with van der Waals surface area (Å²) in [6.07, 6.45) is 0. The highest BCUT2D eigenvalue weighted by Crippen LogP contribution is 2.35. The van der Waals surface area contributed by atoms with Gasteiger partial charge in [-0.25, -0.2) is 4.39 Å². The van der Waals surface area contributed by atoms with Crippen LogP contribution in [0.25, 0.3) is 0 Å². The van der Waals surface area contributed by atoms with E-state index in [-0.39, 0.29) is 28.4 Å². The van der Waals surface area contributed by atoms with Crippen molar-refractivity contribution in [1.29, 1.82) is 0 Å². The lowest BCUT2D eigenvalue weighted by Crippen LogP contribution is -2.45. The predicted molar refractivity (Wildman–Crippen MR) is 137 cm³/mol. The SMILES string of the molecule is CCOC(=O)CNC(=O)[C@@H](c1ccc(F)cc1)N(C(=O)c1snc(C(N)=O)c1N)c1cccc(C)c1C. The number of ether oxygens (including phenoxy) is 1. The van der Waals surface area contributed by atoms with Crippen molar-refractivity contribution in [3.05, 3.63) is 75.5 Å². The second-order valence-electron chi connectivity index (χ2n) is 8.01. The molecule has 3 rings (SSSR count). The molecule has 3 amide bonds. The van der Waals surface area contributed by atoms with E-state index in [4.69, 9.17) is 16.2 Å². The molecule has 0 aliphatic heterocycles. The summed E-state index contributed by atoms with van der Waals surface area (Å²) in [5, 5.41) is 2.49. The number of carbonyl (C=O) groups is 4. The van der Waals surface area contributed by atoms with Crippen LogP contribution in [-0.4, -0.2) is 41.2 Å². The number of benzene rings is 2. The first kappa shape index (κ1) is 27.3. The molecule has 0 aliphatic rings. The van der Waals surface area contributed by atoms with Gasteiger partial charge in [0.15, 0.2) is 5.69 Å². The van der Waals surface area contributed by atoms with Crippen LogP contribution >= 0.6 is 11.5 Å². The number of carbonyl (C=O) groups excluding carboxylic acids is 4. The molecule has 0 fully saturated rings. The molecule has 10 nitrogen and oxygen atoms in total. The summed E-state index contributed by atoms with van der Waals surface area (Å²) in [4.78, 5) is 52.3. The van der Waals surface area contributed by atoms with Gasteiger partial charge < -0.3 is 21.5 Å². The van der Waals surface area contributed by atoms with Gasteiger partial charge in [-0.1, -0.05) is 24.3 Å². The number of hydrogen-bond donors (Lipinski definition) is 3. The quantitative estimate of drug-likeness (QED) is 0.361. The fraction of sp³-hybridized carbons (Fsp3) is 0.240. The Labute approximate surface area is 216 Å². The van der Waals surface area contributed by atoms with Gasteiger partial charge >= 0.3 is 5.97 Å².